The van der Waals surface area contributed by atoms with Crippen molar-refractivity contribution >= 4 is 5.69 Å². The first-order valence-electron chi connectivity index (χ1n) is 9.88. The predicted octanol–water partition coefficient (Wildman–Crippen LogP) is 5.22. The highest BCUT2D eigenvalue weighted by Crippen LogP contribution is 2.31. The third-order valence-corrected chi connectivity index (χ3v) is 5.59. The van der Waals surface area contributed by atoms with Crippen molar-refractivity contribution in [2.24, 2.45) is 0 Å². The highest BCUT2D eigenvalue weighted by molar-refractivity contribution is 5.46. The zero-order valence-corrected chi connectivity index (χ0v) is 16.3. The second-order valence-corrected chi connectivity index (χ2v) is 7.58. The molecule has 0 bridgehead atoms. The second-order valence-electron chi connectivity index (χ2n) is 7.58. The summed E-state index contributed by atoms with van der Waals surface area (Å²) >= 11 is 0. The summed E-state index contributed by atoms with van der Waals surface area (Å²) in [7, 11) is 0. The van der Waals surface area contributed by atoms with Crippen molar-refractivity contribution in [3.63, 3.8) is 0 Å². The Hall–Kier alpha value is -2.58. The van der Waals surface area contributed by atoms with Crippen LogP contribution in [0.4, 0.5) is 5.69 Å². The highest BCUT2D eigenvalue weighted by Gasteiger charge is 2.26. The molecular formula is C25H28N2. The Morgan fingerprint density at radius 3 is 1.56 bits per heavy atom. The molecule has 0 saturated carbocycles. The van der Waals surface area contributed by atoms with E-state index in [9.17, 15) is 0 Å². The molecular weight excluding hydrogens is 328 g/mol. The van der Waals surface area contributed by atoms with Gasteiger partial charge in [-0.25, -0.2) is 0 Å². The van der Waals surface area contributed by atoms with Crippen molar-refractivity contribution in [3.05, 3.63) is 101 Å². The molecule has 2 heteroatoms. The lowest BCUT2D eigenvalue weighted by Crippen LogP contribution is -2.48. The quantitative estimate of drug-likeness (QED) is 0.633. The van der Waals surface area contributed by atoms with Gasteiger partial charge in [-0.15, -0.1) is 0 Å². The normalized spacial score (nSPS) is 15.3. The maximum Gasteiger partial charge on any atom is 0.0603 e. The minimum Gasteiger partial charge on any atom is -0.369 e. The number of benzene rings is 3. The Bertz CT molecular complexity index is 800. The molecule has 0 N–H and O–H groups in total. The zero-order valence-electron chi connectivity index (χ0n) is 16.3. The maximum absolute atomic E-state index is 2.63. The van der Waals surface area contributed by atoms with Gasteiger partial charge in [0, 0.05) is 31.9 Å². The first-order valence-corrected chi connectivity index (χ1v) is 9.88. The van der Waals surface area contributed by atoms with Gasteiger partial charge in [-0.3, -0.25) is 4.90 Å². The standard InChI is InChI=1S/C25H28N2/c1-20-8-12-22(13-9-20)25(23-14-10-21(2)11-15-23)27-18-16-26(17-19-27)24-6-4-3-5-7-24/h3-15,25H,16-19H2,1-2H3. The fraction of sp³-hybridized carbons (Fsp3) is 0.280. The summed E-state index contributed by atoms with van der Waals surface area (Å²) in [6.45, 7) is 8.59. The number of piperazine rings is 1. The molecule has 1 saturated heterocycles. The fourth-order valence-electron chi connectivity index (χ4n) is 3.99. The minimum atomic E-state index is 0.323. The van der Waals surface area contributed by atoms with E-state index in [-0.39, 0.29) is 0 Å². The van der Waals surface area contributed by atoms with Crippen LogP contribution in [0.15, 0.2) is 78.9 Å². The Labute approximate surface area is 163 Å². The van der Waals surface area contributed by atoms with E-state index in [0.717, 1.165) is 26.2 Å². The molecule has 1 aliphatic heterocycles. The molecule has 3 aromatic rings. The van der Waals surface area contributed by atoms with Crippen molar-refractivity contribution in [2.75, 3.05) is 31.1 Å². The van der Waals surface area contributed by atoms with E-state index in [1.54, 1.807) is 0 Å². The number of nitrogens with zero attached hydrogens (tertiary/aromatic N) is 2. The summed E-state index contributed by atoms with van der Waals surface area (Å²) in [5.74, 6) is 0. The lowest BCUT2D eigenvalue weighted by Gasteiger charge is -2.40. The predicted molar refractivity (Wildman–Crippen MR) is 114 cm³/mol. The third-order valence-electron chi connectivity index (χ3n) is 5.59. The van der Waals surface area contributed by atoms with Gasteiger partial charge in [-0.2, -0.15) is 0 Å². The Balaban J connectivity index is 1.58. The van der Waals surface area contributed by atoms with Crippen LogP contribution in [0.3, 0.4) is 0 Å². The zero-order chi connectivity index (χ0) is 18.6. The van der Waals surface area contributed by atoms with E-state index in [1.807, 2.05) is 0 Å². The summed E-state index contributed by atoms with van der Waals surface area (Å²) < 4.78 is 0. The Morgan fingerprint density at radius 2 is 1.07 bits per heavy atom. The largest absolute Gasteiger partial charge is 0.369 e. The maximum atomic E-state index is 2.63. The monoisotopic (exact) mass is 356 g/mol. The SMILES string of the molecule is Cc1ccc(C(c2ccc(C)cc2)N2CCN(c3ccccc3)CC2)cc1. The van der Waals surface area contributed by atoms with E-state index in [4.69, 9.17) is 0 Å². The molecule has 1 heterocycles. The van der Waals surface area contributed by atoms with Gasteiger partial charge in [0.2, 0.25) is 0 Å². The van der Waals surface area contributed by atoms with Gasteiger partial charge in [0.15, 0.2) is 0 Å². The second kappa shape index (κ2) is 7.98. The molecule has 1 aliphatic rings. The number of hydrogen-bond donors (Lipinski definition) is 0. The summed E-state index contributed by atoms with van der Waals surface area (Å²) in [6, 6.07) is 29.2. The first-order chi connectivity index (χ1) is 13.2. The molecule has 2 nitrogen and oxygen atoms in total. The number of anilines is 1. The van der Waals surface area contributed by atoms with Gasteiger partial charge in [-0.1, -0.05) is 77.9 Å². The lowest BCUT2D eigenvalue weighted by molar-refractivity contribution is 0.212. The molecule has 0 atom stereocenters. The van der Waals surface area contributed by atoms with Gasteiger partial charge in [-0.05, 0) is 37.1 Å². The fourth-order valence-corrected chi connectivity index (χ4v) is 3.99. The van der Waals surface area contributed by atoms with Gasteiger partial charge < -0.3 is 4.90 Å². The van der Waals surface area contributed by atoms with E-state index in [2.05, 4.69) is 103 Å². The van der Waals surface area contributed by atoms with Crippen molar-refractivity contribution in [1.82, 2.24) is 4.90 Å². The number of hydrogen-bond acceptors (Lipinski definition) is 2. The van der Waals surface area contributed by atoms with Crippen molar-refractivity contribution < 1.29 is 0 Å². The summed E-state index contributed by atoms with van der Waals surface area (Å²) in [5.41, 5.74) is 6.74. The van der Waals surface area contributed by atoms with Crippen LogP contribution >= 0.6 is 0 Å². The molecule has 0 unspecified atom stereocenters. The molecule has 138 valence electrons. The molecule has 4 rings (SSSR count). The highest BCUT2D eigenvalue weighted by atomic mass is 15.3. The summed E-state index contributed by atoms with van der Waals surface area (Å²) in [5, 5.41) is 0. The molecule has 0 aliphatic carbocycles. The van der Waals surface area contributed by atoms with Crippen LogP contribution in [0.5, 0.6) is 0 Å². The topological polar surface area (TPSA) is 6.48 Å². The lowest BCUT2D eigenvalue weighted by atomic mass is 9.95. The van der Waals surface area contributed by atoms with Crippen LogP contribution in [-0.4, -0.2) is 31.1 Å². The average Bonchev–Trinajstić information content (AvgIpc) is 2.72. The molecule has 0 amide bonds. The van der Waals surface area contributed by atoms with Gasteiger partial charge in [0.05, 0.1) is 6.04 Å². The van der Waals surface area contributed by atoms with Crippen LogP contribution in [0.2, 0.25) is 0 Å². The van der Waals surface area contributed by atoms with E-state index in [0.29, 0.717) is 6.04 Å². The van der Waals surface area contributed by atoms with Crippen LogP contribution < -0.4 is 4.90 Å². The Kier molecular flexibility index (Phi) is 5.26. The molecule has 0 radical (unpaired) electrons. The molecule has 0 spiro atoms. The smallest absolute Gasteiger partial charge is 0.0603 e. The number of aryl methyl sites for hydroxylation is 2. The average molecular weight is 357 g/mol. The van der Waals surface area contributed by atoms with Gasteiger partial charge in [0.25, 0.3) is 0 Å². The van der Waals surface area contributed by atoms with Crippen LogP contribution in [0.25, 0.3) is 0 Å². The number of para-hydroxylation sites is 1. The molecule has 1 fully saturated rings. The van der Waals surface area contributed by atoms with Gasteiger partial charge in [0.1, 0.15) is 0 Å². The summed E-state index contributed by atoms with van der Waals surface area (Å²) in [6.07, 6.45) is 0. The van der Waals surface area contributed by atoms with E-state index < -0.39 is 0 Å². The molecule has 27 heavy (non-hydrogen) atoms. The van der Waals surface area contributed by atoms with Crippen molar-refractivity contribution in [2.45, 2.75) is 19.9 Å². The van der Waals surface area contributed by atoms with Crippen LogP contribution in [0.1, 0.15) is 28.3 Å². The third kappa shape index (κ3) is 4.06. The van der Waals surface area contributed by atoms with Crippen molar-refractivity contribution in [1.29, 1.82) is 0 Å². The first kappa shape index (κ1) is 17.8. The van der Waals surface area contributed by atoms with Gasteiger partial charge >= 0.3 is 0 Å². The van der Waals surface area contributed by atoms with Crippen LogP contribution in [0, 0.1) is 13.8 Å². The summed E-state index contributed by atoms with van der Waals surface area (Å²) in [4.78, 5) is 5.13. The molecule has 3 aromatic carbocycles. The Morgan fingerprint density at radius 1 is 0.593 bits per heavy atom. The van der Waals surface area contributed by atoms with Crippen molar-refractivity contribution in [3.8, 4) is 0 Å². The minimum absolute atomic E-state index is 0.323. The number of rotatable bonds is 4. The van der Waals surface area contributed by atoms with E-state index in [1.165, 1.54) is 27.9 Å². The van der Waals surface area contributed by atoms with Crippen LogP contribution in [-0.2, 0) is 0 Å². The molecule has 0 aromatic heterocycles. The van der Waals surface area contributed by atoms with E-state index >= 15 is 0 Å².